The average Bonchev–Trinajstić information content (AvgIpc) is 2.68. The second-order valence-corrected chi connectivity index (χ2v) is 5.66. The van der Waals surface area contributed by atoms with Crippen molar-refractivity contribution < 1.29 is 9.59 Å². The number of benzene rings is 1. The number of pyridine rings is 1. The summed E-state index contributed by atoms with van der Waals surface area (Å²) >= 11 is 9.23. The number of nitrogens with two attached hydrogens (primary N) is 1. The number of anilines is 1. The third-order valence-electron chi connectivity index (χ3n) is 3.10. The molecule has 1 aromatic carbocycles. The minimum Gasteiger partial charge on any atom is -0.384 e. The minimum absolute atomic E-state index is 0.00789. The van der Waals surface area contributed by atoms with Gasteiger partial charge in [0.25, 0.3) is 17.4 Å². The summed E-state index contributed by atoms with van der Waals surface area (Å²) in [5.74, 6) is -1.36. The topological polar surface area (TPSA) is 94.2 Å². The van der Waals surface area contributed by atoms with Crippen molar-refractivity contribution >= 4 is 45.2 Å². The summed E-state index contributed by atoms with van der Waals surface area (Å²) in [6, 6.07) is 5.91. The Hall–Kier alpha value is -2.12. The van der Waals surface area contributed by atoms with Crippen LogP contribution in [0.2, 0.25) is 5.02 Å². The maximum absolute atomic E-state index is 12.2. The average molecular weight is 369 g/mol. The number of amides is 2. The summed E-state index contributed by atoms with van der Waals surface area (Å²) in [4.78, 5) is 35.6. The molecule has 0 spiro atoms. The number of rotatable bonds is 1. The molecule has 8 heteroatoms. The lowest BCUT2D eigenvalue weighted by molar-refractivity contribution is 0.0880. The molecule has 0 bridgehead atoms. The third kappa shape index (κ3) is 2.05. The molecule has 1 aliphatic heterocycles. The third-order valence-corrected chi connectivity index (χ3v) is 4.01. The zero-order valence-corrected chi connectivity index (χ0v) is 12.7. The van der Waals surface area contributed by atoms with Crippen molar-refractivity contribution in [2.24, 2.45) is 0 Å². The highest BCUT2D eigenvalue weighted by molar-refractivity contribution is 9.10. The number of fused-ring (bicyclic) bond motifs is 1. The number of hydrogen-bond acceptors (Lipinski definition) is 4. The Morgan fingerprint density at radius 1 is 1.14 bits per heavy atom. The van der Waals surface area contributed by atoms with E-state index in [1.165, 1.54) is 6.07 Å². The Morgan fingerprint density at radius 2 is 1.86 bits per heavy atom. The largest absolute Gasteiger partial charge is 0.384 e. The van der Waals surface area contributed by atoms with Gasteiger partial charge in [-0.1, -0.05) is 11.6 Å². The zero-order chi connectivity index (χ0) is 15.3. The first-order chi connectivity index (χ1) is 9.90. The van der Waals surface area contributed by atoms with Crippen LogP contribution in [0.3, 0.4) is 0 Å². The highest BCUT2D eigenvalue weighted by Crippen LogP contribution is 2.28. The van der Waals surface area contributed by atoms with E-state index in [0.717, 1.165) is 10.6 Å². The highest BCUT2D eigenvalue weighted by Gasteiger charge is 2.32. The van der Waals surface area contributed by atoms with Crippen LogP contribution in [0.5, 0.6) is 0 Å². The lowest BCUT2D eigenvalue weighted by Gasteiger charge is -2.13. The molecule has 1 aromatic heterocycles. The molecule has 106 valence electrons. The van der Waals surface area contributed by atoms with E-state index in [4.69, 9.17) is 17.3 Å². The van der Waals surface area contributed by atoms with Gasteiger partial charge in [0.05, 0.1) is 16.8 Å². The summed E-state index contributed by atoms with van der Waals surface area (Å²) < 4.78 is 1.71. The maximum atomic E-state index is 12.2. The number of carbonyl (C=O) groups excluding carboxylic acids is 2. The minimum atomic E-state index is -0.629. The van der Waals surface area contributed by atoms with E-state index in [1.54, 1.807) is 12.1 Å². The lowest BCUT2D eigenvalue weighted by atomic mass is 10.1. The van der Waals surface area contributed by atoms with Crippen molar-refractivity contribution in [2.45, 2.75) is 0 Å². The first kappa shape index (κ1) is 13.8. The van der Waals surface area contributed by atoms with Crippen LogP contribution in [-0.2, 0) is 0 Å². The van der Waals surface area contributed by atoms with Crippen molar-refractivity contribution in [3.63, 3.8) is 0 Å². The number of hydrogen-bond donors (Lipinski definition) is 2. The van der Waals surface area contributed by atoms with Gasteiger partial charge in [-0.05, 0) is 34.1 Å². The molecule has 0 saturated heterocycles. The Balaban J connectivity index is 2.38. The van der Waals surface area contributed by atoms with Gasteiger partial charge in [0.1, 0.15) is 5.82 Å². The van der Waals surface area contributed by atoms with E-state index in [-0.39, 0.29) is 16.9 Å². The van der Waals surface area contributed by atoms with Gasteiger partial charge in [-0.3, -0.25) is 24.3 Å². The van der Waals surface area contributed by atoms with Crippen molar-refractivity contribution in [1.29, 1.82) is 0 Å². The molecule has 0 aliphatic carbocycles. The summed E-state index contributed by atoms with van der Waals surface area (Å²) in [5, 5.41) is 2.51. The molecule has 0 unspecified atom stereocenters. The van der Waals surface area contributed by atoms with Gasteiger partial charge < -0.3 is 5.73 Å². The summed E-state index contributed by atoms with van der Waals surface area (Å²) in [5.41, 5.74) is 5.76. The van der Waals surface area contributed by atoms with Gasteiger partial charge in [0.2, 0.25) is 0 Å². The number of nitrogens with zero attached hydrogens (tertiary/aromatic N) is 1. The molecule has 21 heavy (non-hydrogen) atoms. The highest BCUT2D eigenvalue weighted by atomic mass is 79.9. The number of nitrogens with one attached hydrogen (secondary N) is 1. The molecular formula is C13H7BrClN3O3. The second-order valence-electron chi connectivity index (χ2n) is 4.37. The van der Waals surface area contributed by atoms with Crippen molar-refractivity contribution in [2.75, 3.05) is 5.73 Å². The number of carbonyl (C=O) groups is 2. The van der Waals surface area contributed by atoms with Crippen LogP contribution in [0.15, 0.2) is 33.5 Å². The van der Waals surface area contributed by atoms with Gasteiger partial charge in [0, 0.05) is 15.6 Å². The van der Waals surface area contributed by atoms with Crippen LogP contribution in [0.4, 0.5) is 5.82 Å². The molecule has 2 aromatic rings. The molecule has 1 aliphatic rings. The Morgan fingerprint density at radius 3 is 2.57 bits per heavy atom. The predicted octanol–water partition coefficient (Wildman–Crippen LogP) is 1.72. The van der Waals surface area contributed by atoms with E-state index >= 15 is 0 Å². The first-order valence-corrected chi connectivity index (χ1v) is 6.94. The zero-order valence-electron chi connectivity index (χ0n) is 10.3. The quantitative estimate of drug-likeness (QED) is 0.749. The maximum Gasteiger partial charge on any atom is 0.262 e. The number of aromatic nitrogens is 1. The number of nitrogen functional groups attached to an aromatic ring is 1. The van der Waals surface area contributed by atoms with Gasteiger partial charge in [-0.2, -0.15) is 0 Å². The summed E-state index contributed by atoms with van der Waals surface area (Å²) in [6.45, 7) is 0. The monoisotopic (exact) mass is 367 g/mol. The first-order valence-electron chi connectivity index (χ1n) is 5.77. The van der Waals surface area contributed by atoms with E-state index < -0.39 is 17.4 Å². The van der Waals surface area contributed by atoms with Gasteiger partial charge in [-0.25, -0.2) is 0 Å². The molecule has 0 atom stereocenters. The molecule has 6 nitrogen and oxygen atoms in total. The fourth-order valence-corrected chi connectivity index (χ4v) is 2.78. The van der Waals surface area contributed by atoms with Crippen LogP contribution in [0.25, 0.3) is 5.69 Å². The van der Waals surface area contributed by atoms with Crippen LogP contribution in [0, 0.1) is 0 Å². The van der Waals surface area contributed by atoms with E-state index in [0.29, 0.717) is 15.2 Å². The van der Waals surface area contributed by atoms with Gasteiger partial charge in [0.15, 0.2) is 0 Å². The summed E-state index contributed by atoms with van der Waals surface area (Å²) in [6.07, 6.45) is 0. The van der Waals surface area contributed by atoms with Crippen LogP contribution in [-0.4, -0.2) is 16.4 Å². The predicted molar refractivity (Wildman–Crippen MR) is 81.0 cm³/mol. The molecular weight excluding hydrogens is 362 g/mol. The molecule has 2 heterocycles. The van der Waals surface area contributed by atoms with E-state index in [2.05, 4.69) is 21.2 Å². The van der Waals surface area contributed by atoms with E-state index in [1.807, 2.05) is 0 Å². The van der Waals surface area contributed by atoms with Gasteiger partial charge >= 0.3 is 0 Å². The summed E-state index contributed by atoms with van der Waals surface area (Å²) in [7, 11) is 0. The van der Waals surface area contributed by atoms with E-state index in [9.17, 15) is 14.4 Å². The van der Waals surface area contributed by atoms with Gasteiger partial charge in [-0.15, -0.1) is 0 Å². The normalized spacial score (nSPS) is 13.2. The number of halogens is 2. The fourth-order valence-electron chi connectivity index (χ4n) is 2.19. The van der Waals surface area contributed by atoms with Crippen LogP contribution in [0.1, 0.15) is 20.7 Å². The second kappa shape index (κ2) is 4.71. The molecule has 3 N–H and O–H groups in total. The smallest absolute Gasteiger partial charge is 0.262 e. The fraction of sp³-hybridized carbons (Fsp3) is 0. The molecule has 0 fully saturated rings. The lowest BCUT2D eigenvalue weighted by Crippen LogP contribution is -2.24. The van der Waals surface area contributed by atoms with Crippen molar-refractivity contribution in [1.82, 2.24) is 9.88 Å². The SMILES string of the molecule is Nc1c2c(cc(=O)n1-c1cc(Cl)ccc1Br)C(=O)NC2=O. The molecule has 0 saturated carbocycles. The van der Waals surface area contributed by atoms with Crippen LogP contribution < -0.4 is 16.6 Å². The molecule has 3 rings (SSSR count). The Labute approximate surface area is 131 Å². The molecule has 0 radical (unpaired) electrons. The van der Waals surface area contributed by atoms with Crippen molar-refractivity contribution in [3.05, 3.63) is 55.2 Å². The van der Waals surface area contributed by atoms with Crippen LogP contribution >= 0.6 is 27.5 Å². The molecule has 2 amide bonds. The number of imide groups is 1. The Bertz CT molecular complexity index is 876. The Kier molecular flexibility index (Phi) is 3.11. The standard InChI is InChI=1S/C13H7BrClN3O3/c14-7-2-1-5(15)3-8(7)18-9(19)4-6-10(11(18)16)13(21)17-12(6)20/h1-4H,16H2,(H,17,20,21). The van der Waals surface area contributed by atoms with Crippen molar-refractivity contribution in [3.8, 4) is 5.69 Å².